The highest BCUT2D eigenvalue weighted by Gasteiger charge is 2.19. The van der Waals surface area contributed by atoms with E-state index in [0.29, 0.717) is 8.67 Å². The minimum absolute atomic E-state index is 0.163. The maximum Gasteiger partial charge on any atom is 0.205 e. The van der Waals surface area contributed by atoms with Gasteiger partial charge in [-0.2, -0.15) is 0 Å². The number of ketones is 2. The van der Waals surface area contributed by atoms with Crippen LogP contribution in [0, 0.1) is 0 Å². The van der Waals surface area contributed by atoms with Crippen molar-refractivity contribution in [1.29, 1.82) is 0 Å². The Balaban J connectivity index is 2.12. The van der Waals surface area contributed by atoms with Crippen LogP contribution in [0.5, 0.6) is 0 Å². The molecule has 2 aromatic rings. The van der Waals surface area contributed by atoms with Crippen molar-refractivity contribution in [3.05, 3.63) is 44.5 Å². The Bertz CT molecular complexity index is 557. The lowest BCUT2D eigenvalue weighted by Gasteiger charge is -1.96. The van der Waals surface area contributed by atoms with E-state index < -0.39 is 0 Å². The lowest BCUT2D eigenvalue weighted by atomic mass is 10.1. The molecule has 3 nitrogen and oxygen atoms in total. The molecule has 0 amide bonds. The molecule has 0 N–H and O–H groups in total. The summed E-state index contributed by atoms with van der Waals surface area (Å²) in [5.74, 6) is -0.575. The summed E-state index contributed by atoms with van der Waals surface area (Å²) >= 11 is 12.6. The molecular weight excluding hydrogens is 283 g/mol. The van der Waals surface area contributed by atoms with Crippen LogP contribution in [0.1, 0.15) is 27.3 Å². The third-order valence-corrected chi connectivity index (χ3v) is 3.56. The molecule has 0 fully saturated rings. The molecule has 2 aromatic heterocycles. The second kappa shape index (κ2) is 5.04. The minimum Gasteiger partial charge on any atom is -0.461 e. The molecule has 0 aliphatic rings. The Morgan fingerprint density at radius 3 is 2.59 bits per heavy atom. The number of rotatable bonds is 4. The van der Waals surface area contributed by atoms with E-state index in [1.54, 1.807) is 6.07 Å². The number of furan rings is 1. The number of hydrogen-bond donors (Lipinski definition) is 0. The van der Waals surface area contributed by atoms with E-state index in [1.807, 2.05) is 0 Å². The topological polar surface area (TPSA) is 47.3 Å². The molecule has 0 saturated heterocycles. The summed E-state index contributed by atoms with van der Waals surface area (Å²) in [6.07, 6.45) is 1.10. The number of thiophene rings is 1. The zero-order valence-corrected chi connectivity index (χ0v) is 10.7. The van der Waals surface area contributed by atoms with Crippen molar-refractivity contribution in [2.75, 3.05) is 0 Å². The quantitative estimate of drug-likeness (QED) is 0.628. The first-order valence-electron chi connectivity index (χ1n) is 4.62. The van der Waals surface area contributed by atoms with Crippen LogP contribution in [0.4, 0.5) is 0 Å². The average molecular weight is 289 g/mol. The van der Waals surface area contributed by atoms with Gasteiger partial charge in [0.2, 0.25) is 5.78 Å². The summed E-state index contributed by atoms with van der Waals surface area (Å²) in [4.78, 5) is 23.4. The molecule has 0 bridgehead atoms. The van der Waals surface area contributed by atoms with Gasteiger partial charge in [0.25, 0.3) is 0 Å². The molecule has 0 spiro atoms. The van der Waals surface area contributed by atoms with Crippen LogP contribution in [0.15, 0.2) is 28.9 Å². The van der Waals surface area contributed by atoms with Gasteiger partial charge in [0, 0.05) is 5.56 Å². The summed E-state index contributed by atoms with van der Waals surface area (Å²) in [5.41, 5.74) is 0.279. The third kappa shape index (κ3) is 2.77. The van der Waals surface area contributed by atoms with E-state index in [2.05, 4.69) is 0 Å². The predicted octanol–water partition coefficient (Wildman–Crippen LogP) is 4.10. The van der Waals surface area contributed by atoms with Crippen molar-refractivity contribution in [1.82, 2.24) is 0 Å². The second-order valence-corrected chi connectivity index (χ2v) is 5.52. The molecule has 2 heterocycles. The number of halogens is 2. The van der Waals surface area contributed by atoms with Gasteiger partial charge in [0.05, 0.1) is 17.0 Å². The van der Waals surface area contributed by atoms with Gasteiger partial charge in [-0.25, -0.2) is 0 Å². The van der Waals surface area contributed by atoms with Gasteiger partial charge in [-0.05, 0) is 18.2 Å². The van der Waals surface area contributed by atoms with Crippen molar-refractivity contribution < 1.29 is 14.0 Å². The summed E-state index contributed by atoms with van der Waals surface area (Å²) in [6, 6.07) is 4.57. The minimum atomic E-state index is -0.376. The lowest BCUT2D eigenvalue weighted by molar-refractivity contribution is 0.0878. The van der Waals surface area contributed by atoms with Crippen LogP contribution in [0.3, 0.4) is 0 Å². The van der Waals surface area contributed by atoms with Gasteiger partial charge < -0.3 is 4.42 Å². The largest absolute Gasteiger partial charge is 0.461 e. The van der Waals surface area contributed by atoms with E-state index in [9.17, 15) is 9.59 Å². The molecule has 2 rings (SSSR count). The van der Waals surface area contributed by atoms with Gasteiger partial charge in [-0.3, -0.25) is 9.59 Å². The highest BCUT2D eigenvalue weighted by Crippen LogP contribution is 2.32. The number of Topliss-reactive ketones (excluding diaryl/α,β-unsaturated/α-hetero) is 2. The number of carbonyl (C=O) groups is 2. The van der Waals surface area contributed by atoms with Gasteiger partial charge in [-0.1, -0.05) is 23.2 Å². The van der Waals surface area contributed by atoms with Crippen molar-refractivity contribution in [2.24, 2.45) is 0 Å². The molecule has 0 aliphatic heterocycles. The van der Waals surface area contributed by atoms with Crippen molar-refractivity contribution in [2.45, 2.75) is 6.42 Å². The second-order valence-electron chi connectivity index (χ2n) is 3.24. The van der Waals surface area contributed by atoms with Crippen LogP contribution in [0.2, 0.25) is 8.67 Å². The summed E-state index contributed by atoms with van der Waals surface area (Å²) < 4.78 is 5.63. The van der Waals surface area contributed by atoms with Gasteiger partial charge in [-0.15, -0.1) is 11.3 Å². The highest BCUT2D eigenvalue weighted by atomic mass is 35.5. The molecule has 0 unspecified atom stereocenters. The Hall–Kier alpha value is -1.10. The Morgan fingerprint density at radius 1 is 1.29 bits per heavy atom. The fourth-order valence-corrected chi connectivity index (χ4v) is 2.79. The predicted molar refractivity (Wildman–Crippen MR) is 66.3 cm³/mol. The third-order valence-electron chi connectivity index (χ3n) is 2.07. The average Bonchev–Trinajstić information content (AvgIpc) is 2.87. The maximum absolute atomic E-state index is 11.8. The molecule has 0 radical (unpaired) electrons. The Labute approximate surface area is 111 Å². The molecule has 0 saturated carbocycles. The van der Waals surface area contributed by atoms with E-state index in [4.69, 9.17) is 27.6 Å². The molecule has 88 valence electrons. The first kappa shape index (κ1) is 12.4. The smallest absolute Gasteiger partial charge is 0.205 e. The first-order valence-corrected chi connectivity index (χ1v) is 6.20. The van der Waals surface area contributed by atoms with E-state index in [1.165, 1.54) is 18.4 Å². The van der Waals surface area contributed by atoms with Crippen LogP contribution in [-0.4, -0.2) is 11.6 Å². The van der Waals surface area contributed by atoms with Crippen LogP contribution in [-0.2, 0) is 0 Å². The molecular formula is C11H6Cl2O3S. The molecule has 0 aliphatic carbocycles. The normalized spacial score (nSPS) is 10.5. The zero-order valence-electron chi connectivity index (χ0n) is 8.41. The summed E-state index contributed by atoms with van der Waals surface area (Å²) in [6.45, 7) is 0. The summed E-state index contributed by atoms with van der Waals surface area (Å²) in [5, 5.41) is 0. The standard InChI is InChI=1S/C11H6Cl2O3S/c12-10-4-6(11(13)17-10)7(14)5-8(15)9-2-1-3-16-9/h1-4H,5H2. The van der Waals surface area contributed by atoms with E-state index >= 15 is 0 Å². The van der Waals surface area contributed by atoms with Gasteiger partial charge in [0.15, 0.2) is 11.5 Å². The fraction of sp³-hybridized carbons (Fsp3) is 0.0909. The molecule has 0 atom stereocenters. The number of carbonyl (C=O) groups excluding carboxylic acids is 2. The van der Waals surface area contributed by atoms with Gasteiger partial charge in [0.1, 0.15) is 4.34 Å². The highest BCUT2D eigenvalue weighted by molar-refractivity contribution is 7.20. The zero-order chi connectivity index (χ0) is 12.4. The monoisotopic (exact) mass is 288 g/mol. The van der Waals surface area contributed by atoms with E-state index in [0.717, 1.165) is 11.3 Å². The van der Waals surface area contributed by atoms with Crippen LogP contribution in [0.25, 0.3) is 0 Å². The molecule has 17 heavy (non-hydrogen) atoms. The fourth-order valence-electron chi connectivity index (χ4n) is 1.30. The molecule has 0 aromatic carbocycles. The molecule has 6 heteroatoms. The van der Waals surface area contributed by atoms with E-state index in [-0.39, 0.29) is 29.3 Å². The number of hydrogen-bond acceptors (Lipinski definition) is 4. The van der Waals surface area contributed by atoms with Crippen molar-refractivity contribution in [3.63, 3.8) is 0 Å². The maximum atomic E-state index is 11.8. The summed E-state index contributed by atoms with van der Waals surface area (Å²) in [7, 11) is 0. The SMILES string of the molecule is O=C(CC(=O)c1cc(Cl)sc1Cl)c1ccco1. The van der Waals surface area contributed by atoms with Crippen molar-refractivity contribution in [3.8, 4) is 0 Å². The van der Waals surface area contributed by atoms with Crippen LogP contribution < -0.4 is 0 Å². The van der Waals surface area contributed by atoms with Crippen LogP contribution >= 0.6 is 34.5 Å². The first-order chi connectivity index (χ1) is 8.08. The van der Waals surface area contributed by atoms with Crippen molar-refractivity contribution >= 4 is 46.1 Å². The Morgan fingerprint density at radius 2 is 2.06 bits per heavy atom. The lowest BCUT2D eigenvalue weighted by Crippen LogP contribution is -2.07. The Kier molecular flexibility index (Phi) is 3.66. The van der Waals surface area contributed by atoms with Gasteiger partial charge >= 0.3 is 0 Å².